The number of rotatable bonds is 13. The average molecular weight is 408 g/mol. The zero-order valence-corrected chi connectivity index (χ0v) is 18.5. The Morgan fingerprint density at radius 2 is 1.56 bits per heavy atom. The molecule has 0 aliphatic carbocycles. The molecule has 2 aromatic rings. The predicted octanol–water partition coefficient (Wildman–Crippen LogP) is 7.75. The quantitative estimate of drug-likeness (QED) is 0.272. The molecule has 5 heteroatoms. The smallest absolute Gasteiger partial charge is 0.199 e. The number of aryl methyl sites for hydroxylation is 2. The lowest BCUT2D eigenvalue weighted by molar-refractivity contribution is 0.547. The topological polar surface area (TPSA) is 33.6 Å². The molecule has 0 bridgehead atoms. The highest BCUT2D eigenvalue weighted by Crippen LogP contribution is 2.21. The molecule has 1 aromatic carbocycles. The van der Waals surface area contributed by atoms with Crippen molar-refractivity contribution >= 4 is 23.8 Å². The maximum Gasteiger partial charge on any atom is 0.199 e. The molecular formula is C22H34ClN3S. The highest BCUT2D eigenvalue weighted by molar-refractivity contribution is 7.71. The third kappa shape index (κ3) is 7.42. The van der Waals surface area contributed by atoms with E-state index < -0.39 is 0 Å². The Kier molecular flexibility index (Phi) is 10.1. The molecule has 150 valence electrons. The van der Waals surface area contributed by atoms with Crippen LogP contribution in [0.25, 0.3) is 5.69 Å². The monoisotopic (exact) mass is 407 g/mol. The molecule has 1 N–H and O–H groups in total. The first-order valence-corrected chi connectivity index (χ1v) is 11.3. The molecule has 0 saturated carbocycles. The van der Waals surface area contributed by atoms with E-state index in [9.17, 15) is 0 Å². The fourth-order valence-corrected chi connectivity index (χ4v) is 3.86. The van der Waals surface area contributed by atoms with Gasteiger partial charge in [0.15, 0.2) is 4.77 Å². The second-order valence-electron chi connectivity index (χ2n) is 7.50. The first-order chi connectivity index (χ1) is 13.1. The Morgan fingerprint density at radius 1 is 0.963 bits per heavy atom. The van der Waals surface area contributed by atoms with Crippen molar-refractivity contribution in [3.05, 3.63) is 39.4 Å². The van der Waals surface area contributed by atoms with Crippen LogP contribution in [0, 0.1) is 11.7 Å². The van der Waals surface area contributed by atoms with Gasteiger partial charge >= 0.3 is 0 Å². The lowest BCUT2D eigenvalue weighted by Crippen LogP contribution is -2.02. The lowest BCUT2D eigenvalue weighted by Gasteiger charge is -2.08. The number of hydrogen-bond donors (Lipinski definition) is 1. The molecular weight excluding hydrogens is 374 g/mol. The molecule has 0 aliphatic heterocycles. The van der Waals surface area contributed by atoms with Gasteiger partial charge in [0.25, 0.3) is 0 Å². The van der Waals surface area contributed by atoms with Crippen molar-refractivity contribution in [2.45, 2.75) is 90.9 Å². The molecule has 1 heterocycles. The van der Waals surface area contributed by atoms with Crippen LogP contribution >= 0.6 is 23.8 Å². The van der Waals surface area contributed by atoms with E-state index >= 15 is 0 Å². The Morgan fingerprint density at radius 3 is 2.15 bits per heavy atom. The standard InChI is InChI=1S/C22H34ClN3S/c1-3-4-5-6-7-8-9-10-11-12-13-14-21-24-25-22(27)26(21)19-16-15-18(2)20(23)17-19/h15-17H,3-14H2,1-2H3,(H,25,27). The van der Waals surface area contributed by atoms with Crippen molar-refractivity contribution in [3.8, 4) is 5.69 Å². The lowest BCUT2D eigenvalue weighted by atomic mass is 10.1. The SMILES string of the molecule is CCCCCCCCCCCCCc1n[nH]c(=S)n1-c1ccc(C)c(Cl)c1. The van der Waals surface area contributed by atoms with Crippen LogP contribution in [0.1, 0.15) is 88.9 Å². The summed E-state index contributed by atoms with van der Waals surface area (Å²) >= 11 is 11.7. The number of nitrogens with zero attached hydrogens (tertiary/aromatic N) is 2. The minimum atomic E-state index is 0.632. The van der Waals surface area contributed by atoms with Crippen molar-refractivity contribution in [1.29, 1.82) is 0 Å². The van der Waals surface area contributed by atoms with E-state index in [-0.39, 0.29) is 0 Å². The molecule has 0 spiro atoms. The van der Waals surface area contributed by atoms with Gasteiger partial charge in [0, 0.05) is 11.4 Å². The van der Waals surface area contributed by atoms with Crippen LogP contribution in [0.3, 0.4) is 0 Å². The fraction of sp³-hybridized carbons (Fsp3) is 0.636. The van der Waals surface area contributed by atoms with Gasteiger partial charge in [-0.2, -0.15) is 5.10 Å². The average Bonchev–Trinajstić information content (AvgIpc) is 3.02. The summed E-state index contributed by atoms with van der Waals surface area (Å²) in [7, 11) is 0. The van der Waals surface area contributed by atoms with E-state index in [2.05, 4.69) is 23.2 Å². The summed E-state index contributed by atoms with van der Waals surface area (Å²) < 4.78 is 2.64. The summed E-state index contributed by atoms with van der Waals surface area (Å²) in [4.78, 5) is 0. The van der Waals surface area contributed by atoms with Gasteiger partial charge < -0.3 is 0 Å². The normalized spacial score (nSPS) is 11.2. The van der Waals surface area contributed by atoms with Crippen LogP contribution in [0.2, 0.25) is 5.02 Å². The van der Waals surface area contributed by atoms with Gasteiger partial charge in [-0.1, -0.05) is 88.8 Å². The van der Waals surface area contributed by atoms with Crippen LogP contribution in [-0.2, 0) is 6.42 Å². The van der Waals surface area contributed by atoms with Crippen molar-refractivity contribution < 1.29 is 0 Å². The van der Waals surface area contributed by atoms with E-state index in [0.717, 1.165) is 34.9 Å². The van der Waals surface area contributed by atoms with Crippen LogP contribution in [0.5, 0.6) is 0 Å². The van der Waals surface area contributed by atoms with Crippen LogP contribution in [-0.4, -0.2) is 14.8 Å². The molecule has 27 heavy (non-hydrogen) atoms. The summed E-state index contributed by atoms with van der Waals surface area (Å²) in [5.41, 5.74) is 2.06. The summed E-state index contributed by atoms with van der Waals surface area (Å²) in [5.74, 6) is 0.996. The molecule has 0 atom stereocenters. The van der Waals surface area contributed by atoms with Crippen molar-refractivity contribution in [1.82, 2.24) is 14.8 Å². The number of nitrogens with one attached hydrogen (secondary N) is 1. The number of benzene rings is 1. The summed E-state index contributed by atoms with van der Waals surface area (Å²) in [6, 6.07) is 6.04. The molecule has 0 radical (unpaired) electrons. The Labute approximate surface area is 174 Å². The van der Waals surface area contributed by atoms with E-state index in [1.165, 1.54) is 64.2 Å². The summed E-state index contributed by atoms with van der Waals surface area (Å²) in [6.07, 6.45) is 15.8. The summed E-state index contributed by atoms with van der Waals surface area (Å²) in [6.45, 7) is 4.28. The summed E-state index contributed by atoms with van der Waals surface area (Å²) in [5, 5.41) is 8.12. The number of H-pyrrole nitrogens is 1. The number of aromatic nitrogens is 3. The van der Waals surface area contributed by atoms with Gasteiger partial charge in [-0.25, -0.2) is 0 Å². The zero-order chi connectivity index (χ0) is 19.5. The number of hydrogen-bond acceptors (Lipinski definition) is 2. The zero-order valence-electron chi connectivity index (χ0n) is 16.9. The Balaban J connectivity index is 1.70. The molecule has 0 amide bonds. The molecule has 3 nitrogen and oxygen atoms in total. The highest BCUT2D eigenvalue weighted by atomic mass is 35.5. The van der Waals surface area contributed by atoms with Crippen LogP contribution in [0.15, 0.2) is 18.2 Å². The number of aromatic amines is 1. The maximum atomic E-state index is 6.28. The first-order valence-electron chi connectivity index (χ1n) is 10.6. The van der Waals surface area contributed by atoms with Gasteiger partial charge in [0.05, 0.1) is 5.69 Å². The minimum absolute atomic E-state index is 0.632. The van der Waals surface area contributed by atoms with Gasteiger partial charge in [0.1, 0.15) is 5.82 Å². The molecule has 0 unspecified atom stereocenters. The Hall–Kier alpha value is -1.13. The first kappa shape index (κ1) is 22.2. The van der Waals surface area contributed by atoms with Crippen molar-refractivity contribution in [2.75, 3.05) is 0 Å². The number of unbranched alkanes of at least 4 members (excludes halogenated alkanes) is 10. The van der Waals surface area contributed by atoms with E-state index in [1.807, 2.05) is 23.6 Å². The predicted molar refractivity (Wildman–Crippen MR) is 119 cm³/mol. The van der Waals surface area contributed by atoms with E-state index in [0.29, 0.717) is 4.77 Å². The maximum absolute atomic E-state index is 6.28. The molecule has 0 fully saturated rings. The molecule has 2 rings (SSSR count). The second-order valence-corrected chi connectivity index (χ2v) is 8.29. The second kappa shape index (κ2) is 12.4. The van der Waals surface area contributed by atoms with E-state index in [4.69, 9.17) is 23.8 Å². The third-order valence-corrected chi connectivity index (χ3v) is 5.84. The van der Waals surface area contributed by atoms with Crippen molar-refractivity contribution in [2.24, 2.45) is 0 Å². The van der Waals surface area contributed by atoms with Gasteiger partial charge in [0.2, 0.25) is 0 Å². The fourth-order valence-electron chi connectivity index (χ4n) is 3.43. The molecule has 1 aromatic heterocycles. The van der Waals surface area contributed by atoms with Crippen LogP contribution < -0.4 is 0 Å². The van der Waals surface area contributed by atoms with Gasteiger partial charge in [-0.15, -0.1) is 0 Å². The largest absolute Gasteiger partial charge is 0.272 e. The van der Waals surface area contributed by atoms with Gasteiger partial charge in [-0.3, -0.25) is 9.67 Å². The minimum Gasteiger partial charge on any atom is -0.272 e. The highest BCUT2D eigenvalue weighted by Gasteiger charge is 2.09. The third-order valence-electron chi connectivity index (χ3n) is 5.16. The molecule has 0 saturated heterocycles. The van der Waals surface area contributed by atoms with Gasteiger partial charge in [-0.05, 0) is 43.3 Å². The van der Waals surface area contributed by atoms with Crippen molar-refractivity contribution in [3.63, 3.8) is 0 Å². The molecule has 0 aliphatic rings. The van der Waals surface area contributed by atoms with E-state index in [1.54, 1.807) is 0 Å². The number of halogens is 1. The Bertz CT molecular complexity index is 735. The van der Waals surface area contributed by atoms with Crippen LogP contribution in [0.4, 0.5) is 0 Å².